The number of hydrogen-bond donors (Lipinski definition) is 0. The van der Waals surface area contributed by atoms with Crippen molar-refractivity contribution < 1.29 is 42.1 Å². The molecule has 448 valence electrons. The van der Waals surface area contributed by atoms with E-state index in [4.69, 9.17) is 9.97 Å². The predicted octanol–water partition coefficient (Wildman–Crippen LogP) is 22.1. The summed E-state index contributed by atoms with van der Waals surface area (Å²) in [5, 5.41) is 6.55. The summed E-state index contributed by atoms with van der Waals surface area (Å²) in [6, 6.07) is 117. The van der Waals surface area contributed by atoms with E-state index < -0.39 is 0 Å². The molecule has 0 bridgehead atoms. The van der Waals surface area contributed by atoms with Crippen LogP contribution >= 0.6 is 22.7 Å². The van der Waals surface area contributed by atoms with Gasteiger partial charge in [0.2, 0.25) is 0 Å². The second-order valence-electron chi connectivity index (χ2n) is 22.5. The Morgan fingerprint density at radius 2 is 0.787 bits per heavy atom. The molecule has 6 nitrogen and oxygen atoms in total. The molecular weight excluding hydrogens is 1550 g/mol. The largest absolute Gasteiger partial charge is 2.00 e. The Hall–Kier alpha value is -10.3. The topological polar surface area (TPSA) is 61.4 Å². The Kier molecular flexibility index (Phi) is 16.6. The van der Waals surface area contributed by atoms with Crippen LogP contribution in [0, 0.1) is 24.3 Å². The number of nitrogens with zero attached hydrogens (tertiary/aromatic N) is 6. The molecule has 6 heterocycles. The molecule has 0 radical (unpaired) electrons. The molecule has 0 saturated heterocycles. The molecule has 0 atom stereocenters. The van der Waals surface area contributed by atoms with Gasteiger partial charge in [0.05, 0.1) is 11.0 Å². The van der Waals surface area contributed by atoms with E-state index in [1.54, 1.807) is 22.7 Å². The zero-order valence-corrected chi connectivity index (χ0v) is 56.2. The molecule has 94 heavy (non-hydrogen) atoms. The molecule has 10 heteroatoms. The van der Waals surface area contributed by atoms with E-state index in [1.165, 1.54) is 37.7 Å². The average Bonchev–Trinajstić information content (AvgIpc) is 1.59. The Morgan fingerprint density at radius 1 is 0.309 bits per heavy atom. The molecule has 12 aromatic carbocycles. The van der Waals surface area contributed by atoms with Gasteiger partial charge in [-0.3, -0.25) is 9.97 Å². The van der Waals surface area contributed by atoms with Crippen molar-refractivity contribution in [3.63, 3.8) is 0 Å². The summed E-state index contributed by atoms with van der Waals surface area (Å²) in [6.45, 7) is 0. The van der Waals surface area contributed by atoms with Crippen LogP contribution in [0.15, 0.2) is 304 Å². The van der Waals surface area contributed by atoms with Gasteiger partial charge in [-0.1, -0.05) is 210 Å². The minimum atomic E-state index is 0. The Balaban J connectivity index is 0.000000152. The molecule has 0 saturated carbocycles. The zero-order valence-electron chi connectivity index (χ0n) is 50.0. The molecule has 0 unspecified atom stereocenters. The molecule has 0 aliphatic heterocycles. The molecule has 0 N–H and O–H groups in total. The quantitative estimate of drug-likeness (QED) is 0.128. The van der Waals surface area contributed by atoms with E-state index in [-0.39, 0.29) is 42.1 Å². The van der Waals surface area contributed by atoms with Crippen LogP contribution in [0.25, 0.3) is 164 Å². The molecule has 18 aromatic rings. The maximum Gasteiger partial charge on any atom is 2.00 e. The number of benzene rings is 12. The van der Waals surface area contributed by atoms with Gasteiger partial charge in [0, 0.05) is 48.4 Å². The summed E-state index contributed by atoms with van der Waals surface area (Å²) < 4.78 is 6.94. The van der Waals surface area contributed by atoms with Gasteiger partial charge in [-0.25, -0.2) is 0 Å². The van der Waals surface area contributed by atoms with E-state index in [2.05, 4.69) is 286 Å². The van der Waals surface area contributed by atoms with E-state index in [1.807, 2.05) is 60.9 Å². The van der Waals surface area contributed by atoms with E-state index in [0.29, 0.717) is 0 Å². The average molecular weight is 1600 g/mol. The van der Waals surface area contributed by atoms with Crippen molar-refractivity contribution >= 4 is 86.7 Å². The number of para-hydroxylation sites is 4. The molecule has 18 rings (SSSR count). The monoisotopic (exact) mass is 1600 g/mol. The molecule has 0 aliphatic rings. The Labute approximate surface area is 580 Å². The molecule has 6 aromatic heterocycles. The summed E-state index contributed by atoms with van der Waals surface area (Å²) in [4.78, 5) is 19.2. The maximum absolute atomic E-state index is 5.05. The van der Waals surface area contributed by atoms with Gasteiger partial charge in [0.15, 0.2) is 0 Å². The van der Waals surface area contributed by atoms with Crippen molar-refractivity contribution in [2.45, 2.75) is 0 Å². The first kappa shape index (κ1) is 60.0. The minimum Gasteiger partial charge on any atom is -0.346 e. The number of hydrogen-bond acceptors (Lipinski definition) is 6. The van der Waals surface area contributed by atoms with Crippen molar-refractivity contribution in [3.05, 3.63) is 328 Å². The Bertz CT molecular complexity index is 5680. The first-order valence-corrected chi connectivity index (χ1v) is 32.1. The fourth-order valence-corrected chi connectivity index (χ4v) is 14.5. The third-order valence-corrected chi connectivity index (χ3v) is 19.1. The third kappa shape index (κ3) is 11.2. The van der Waals surface area contributed by atoms with Crippen molar-refractivity contribution in [2.75, 3.05) is 0 Å². The Morgan fingerprint density at radius 3 is 1.37 bits per heavy atom. The molecule has 0 fully saturated rings. The predicted molar refractivity (Wildman–Crippen MR) is 382 cm³/mol. The van der Waals surface area contributed by atoms with Crippen molar-refractivity contribution in [1.82, 2.24) is 29.1 Å². The molecular formula is C84H50N6Pt2S2. The van der Waals surface area contributed by atoms with Crippen LogP contribution in [0.5, 0.6) is 0 Å². The van der Waals surface area contributed by atoms with Gasteiger partial charge in [-0.05, 0) is 120 Å². The summed E-state index contributed by atoms with van der Waals surface area (Å²) in [6.07, 6.45) is 3.65. The SMILES string of the molecule is [Pt+2].[Pt+2].[c-]1c(-c2ccccn2)cccc1-n1c2[c-]c(-c3nc4ccccc4s3)cc(-c3ccc(-c4ccccc4)cc3)c2c2ccccc21.[c-]1c(-c2ccccn2)cccc1-n1c2[c-]c(-c3nc4ccccc4s3)ccc2c2cccc(-c3ccc(-c4ccccc4)cc3)c21. The fourth-order valence-electron chi connectivity index (χ4n) is 12.6. The zero-order chi connectivity index (χ0) is 60.9. The smallest absolute Gasteiger partial charge is 0.346 e. The van der Waals surface area contributed by atoms with Gasteiger partial charge >= 0.3 is 42.1 Å². The number of rotatable bonds is 10. The standard InChI is InChI=1S/2C42H25N3S.2Pt/c1-2-11-28(12-3-1)29-20-22-30(23-21-29)35-26-32(42-44-37-17-5-7-19-40(37)46-42)27-39-41(35)34-15-4-6-18-38(34)45(39)33-14-10-13-31(25-33)36-16-8-9-24-43-36;1-2-10-28(11-3-1)29-19-21-30(22-20-29)34-14-9-15-36-35-24-23-32(42-44-38-17-4-5-18-40(38)46-42)27-39(35)45(41(34)36)33-13-8-12-31(26-33)37-16-6-7-25-43-37;;/h1-24,26H;1-25H;;/q2*-2;2*+2. The first-order chi connectivity index (χ1) is 45.6. The summed E-state index contributed by atoms with van der Waals surface area (Å²) in [7, 11) is 0. The number of pyridine rings is 2. The van der Waals surface area contributed by atoms with Crippen LogP contribution in [-0.2, 0) is 42.1 Å². The maximum atomic E-state index is 5.05. The summed E-state index contributed by atoms with van der Waals surface area (Å²) in [5.74, 6) is 0. The van der Waals surface area contributed by atoms with E-state index >= 15 is 0 Å². The normalized spacial score (nSPS) is 11.2. The van der Waals surface area contributed by atoms with Crippen molar-refractivity contribution in [3.8, 4) is 99.5 Å². The first-order valence-electron chi connectivity index (χ1n) is 30.5. The van der Waals surface area contributed by atoms with Crippen LogP contribution in [0.1, 0.15) is 0 Å². The molecule has 0 spiro atoms. The van der Waals surface area contributed by atoms with Gasteiger partial charge in [0.25, 0.3) is 0 Å². The second-order valence-corrected chi connectivity index (χ2v) is 24.6. The number of fused-ring (bicyclic) bond motifs is 8. The molecule has 0 aliphatic carbocycles. The molecule has 0 amide bonds. The van der Waals surface area contributed by atoms with Gasteiger partial charge in [-0.2, -0.15) is 22.7 Å². The van der Waals surface area contributed by atoms with E-state index in [9.17, 15) is 0 Å². The number of thiazole rings is 2. The fraction of sp³-hybridized carbons (Fsp3) is 0. The van der Waals surface area contributed by atoms with Crippen LogP contribution in [-0.4, -0.2) is 29.1 Å². The van der Waals surface area contributed by atoms with Crippen LogP contribution in [0.3, 0.4) is 0 Å². The third-order valence-electron chi connectivity index (χ3n) is 17.0. The summed E-state index contributed by atoms with van der Waals surface area (Å²) in [5.41, 5.74) is 23.1. The van der Waals surface area contributed by atoms with Gasteiger partial charge in [-0.15, -0.1) is 101 Å². The number of aromatic nitrogens is 6. The van der Waals surface area contributed by atoms with Crippen LogP contribution < -0.4 is 0 Å². The minimum absolute atomic E-state index is 0. The van der Waals surface area contributed by atoms with Crippen LogP contribution in [0.2, 0.25) is 0 Å². The second kappa shape index (κ2) is 26.0. The van der Waals surface area contributed by atoms with Crippen LogP contribution in [0.4, 0.5) is 0 Å². The van der Waals surface area contributed by atoms with Gasteiger partial charge < -0.3 is 19.1 Å². The van der Waals surface area contributed by atoms with Crippen molar-refractivity contribution in [1.29, 1.82) is 0 Å². The van der Waals surface area contributed by atoms with E-state index in [0.717, 1.165) is 126 Å². The van der Waals surface area contributed by atoms with Crippen molar-refractivity contribution in [2.24, 2.45) is 0 Å². The van der Waals surface area contributed by atoms with Gasteiger partial charge in [0.1, 0.15) is 0 Å². The summed E-state index contributed by atoms with van der Waals surface area (Å²) >= 11 is 3.40.